The number of carbonyl (C=O) groups is 3. The number of amides is 3. The molecule has 4 aromatic carbocycles. The van der Waals surface area contributed by atoms with E-state index in [1.165, 1.54) is 42.1 Å². The zero-order valence-corrected chi connectivity index (χ0v) is 22.9. The summed E-state index contributed by atoms with van der Waals surface area (Å²) in [5.74, 6) is -1.57. The van der Waals surface area contributed by atoms with Gasteiger partial charge >= 0.3 is 0 Å². The summed E-state index contributed by atoms with van der Waals surface area (Å²) in [6, 6.07) is 28.1. The molecule has 0 saturated carbocycles. The number of carbonyl (C=O) groups excluding carboxylic acids is 3. The summed E-state index contributed by atoms with van der Waals surface area (Å²) in [6.07, 6.45) is 1.52. The fourth-order valence-electron chi connectivity index (χ4n) is 3.54. The van der Waals surface area contributed by atoms with Gasteiger partial charge in [0, 0.05) is 26.9 Å². The largest absolute Gasteiger partial charge is 0.325 e. The highest BCUT2D eigenvalue weighted by Gasteiger charge is 2.17. The van der Waals surface area contributed by atoms with Crippen molar-refractivity contribution in [3.8, 4) is 0 Å². The second-order valence-electron chi connectivity index (χ2n) is 8.63. The summed E-state index contributed by atoms with van der Waals surface area (Å²) in [6.45, 7) is 1.76. The minimum Gasteiger partial charge on any atom is -0.325 e. The molecule has 3 amide bonds. The molecule has 4 aromatic rings. The molecule has 1 atom stereocenters. The van der Waals surface area contributed by atoms with Gasteiger partial charge < -0.3 is 16.0 Å². The van der Waals surface area contributed by atoms with Gasteiger partial charge in [0.2, 0.25) is 5.91 Å². The third kappa shape index (κ3) is 8.05. The summed E-state index contributed by atoms with van der Waals surface area (Å²) in [7, 11) is 0. The van der Waals surface area contributed by atoms with Gasteiger partial charge in [-0.3, -0.25) is 14.4 Å². The minimum atomic E-state index is -0.531. The Morgan fingerprint density at radius 3 is 2.08 bits per heavy atom. The van der Waals surface area contributed by atoms with Crippen LogP contribution in [0.15, 0.2) is 114 Å². The van der Waals surface area contributed by atoms with E-state index in [1.54, 1.807) is 85.8 Å². The first kappa shape index (κ1) is 28.6. The fraction of sp³-hybridized carbons (Fsp3) is 0.0645. The predicted octanol–water partition coefficient (Wildman–Crippen LogP) is 7.01. The van der Waals surface area contributed by atoms with Crippen molar-refractivity contribution in [3.05, 3.63) is 131 Å². The molecule has 40 heavy (non-hydrogen) atoms. The van der Waals surface area contributed by atoms with Crippen molar-refractivity contribution in [2.45, 2.75) is 17.1 Å². The van der Waals surface area contributed by atoms with Crippen LogP contribution in [0.3, 0.4) is 0 Å². The van der Waals surface area contributed by atoms with E-state index in [0.29, 0.717) is 27.5 Å². The molecule has 0 fully saturated rings. The van der Waals surface area contributed by atoms with E-state index in [1.807, 2.05) is 0 Å². The molecule has 4 rings (SSSR count). The Balaban J connectivity index is 1.43. The van der Waals surface area contributed by atoms with Crippen molar-refractivity contribution in [1.29, 1.82) is 0 Å². The molecule has 0 bridgehead atoms. The molecule has 0 saturated heterocycles. The van der Waals surface area contributed by atoms with Gasteiger partial charge in [-0.25, -0.2) is 4.39 Å². The van der Waals surface area contributed by atoms with Crippen LogP contribution in [0.1, 0.15) is 22.8 Å². The third-order valence-corrected chi connectivity index (χ3v) is 7.10. The predicted molar refractivity (Wildman–Crippen MR) is 159 cm³/mol. The van der Waals surface area contributed by atoms with Crippen LogP contribution in [0.25, 0.3) is 6.08 Å². The zero-order chi connectivity index (χ0) is 28.5. The molecule has 0 aromatic heterocycles. The van der Waals surface area contributed by atoms with E-state index in [-0.39, 0.29) is 17.4 Å². The molecule has 0 radical (unpaired) electrons. The molecule has 0 aliphatic carbocycles. The normalized spacial score (nSPS) is 11.8. The van der Waals surface area contributed by atoms with Gasteiger partial charge in [0.05, 0.1) is 5.25 Å². The van der Waals surface area contributed by atoms with Gasteiger partial charge in [0.1, 0.15) is 11.5 Å². The number of nitrogens with one attached hydrogen (secondary N) is 3. The maximum absolute atomic E-state index is 13.2. The van der Waals surface area contributed by atoms with Gasteiger partial charge in [-0.05, 0) is 85.3 Å². The summed E-state index contributed by atoms with van der Waals surface area (Å²) >= 11 is 7.62. The monoisotopic (exact) mass is 573 g/mol. The first-order chi connectivity index (χ1) is 19.3. The number of halogens is 2. The molecule has 202 valence electrons. The average Bonchev–Trinajstić information content (AvgIpc) is 2.96. The van der Waals surface area contributed by atoms with E-state index >= 15 is 0 Å². The molecule has 0 aliphatic rings. The van der Waals surface area contributed by atoms with Crippen LogP contribution in [-0.4, -0.2) is 23.0 Å². The molecule has 9 heteroatoms. The van der Waals surface area contributed by atoms with Crippen molar-refractivity contribution in [1.82, 2.24) is 5.32 Å². The SMILES string of the molecule is CC(Sc1ccc(NC(=O)/C(=C/c2ccccc2Cl)NC(=O)c2ccccc2)cc1)C(=O)Nc1ccc(F)cc1. The average molecular weight is 574 g/mol. The number of rotatable bonds is 9. The highest BCUT2D eigenvalue weighted by Crippen LogP contribution is 2.26. The fourth-order valence-corrected chi connectivity index (χ4v) is 4.60. The third-order valence-electron chi connectivity index (χ3n) is 5.64. The van der Waals surface area contributed by atoms with Crippen LogP contribution >= 0.6 is 23.4 Å². The van der Waals surface area contributed by atoms with Crippen molar-refractivity contribution < 1.29 is 18.8 Å². The molecule has 3 N–H and O–H groups in total. The Morgan fingerprint density at radius 1 is 0.800 bits per heavy atom. The lowest BCUT2D eigenvalue weighted by Gasteiger charge is -2.14. The summed E-state index contributed by atoms with van der Waals surface area (Å²) in [4.78, 5) is 39.4. The summed E-state index contributed by atoms with van der Waals surface area (Å²) in [5, 5.41) is 8.24. The topological polar surface area (TPSA) is 87.3 Å². The quantitative estimate of drug-likeness (QED) is 0.148. The van der Waals surface area contributed by atoms with Crippen molar-refractivity contribution in [2.24, 2.45) is 0 Å². The maximum Gasteiger partial charge on any atom is 0.272 e. The Labute approximate surface area is 240 Å². The molecule has 1 unspecified atom stereocenters. The molecule has 0 heterocycles. The van der Waals surface area contributed by atoms with Crippen LogP contribution in [0.5, 0.6) is 0 Å². The Bertz CT molecular complexity index is 1530. The van der Waals surface area contributed by atoms with Gasteiger partial charge in [0.15, 0.2) is 0 Å². The number of hydrogen-bond acceptors (Lipinski definition) is 4. The first-order valence-corrected chi connectivity index (χ1v) is 13.5. The highest BCUT2D eigenvalue weighted by atomic mass is 35.5. The number of hydrogen-bond donors (Lipinski definition) is 3. The lowest BCUT2D eigenvalue weighted by Crippen LogP contribution is -2.30. The second kappa shape index (κ2) is 13.6. The minimum absolute atomic E-state index is 0.0199. The zero-order valence-electron chi connectivity index (χ0n) is 21.4. The Kier molecular flexibility index (Phi) is 9.72. The van der Waals surface area contributed by atoms with E-state index in [9.17, 15) is 18.8 Å². The summed E-state index contributed by atoms with van der Waals surface area (Å²) in [5.41, 5.74) is 2.00. The van der Waals surface area contributed by atoms with E-state index in [4.69, 9.17) is 11.6 Å². The standard InChI is InChI=1S/C31H25ClFN3O3S/c1-20(29(37)34-24-13-11-23(33)12-14-24)40-26-17-15-25(16-18-26)35-31(39)28(19-22-9-5-6-10-27(22)32)36-30(38)21-7-3-2-4-8-21/h2-20H,1H3,(H,34,37)(H,35,39)(H,36,38)/b28-19-. The van der Waals surface area contributed by atoms with Crippen LogP contribution in [0.4, 0.5) is 15.8 Å². The maximum atomic E-state index is 13.2. The second-order valence-corrected chi connectivity index (χ2v) is 10.5. The smallest absolute Gasteiger partial charge is 0.272 e. The molecular weight excluding hydrogens is 549 g/mol. The number of benzene rings is 4. The summed E-state index contributed by atoms with van der Waals surface area (Å²) < 4.78 is 13.1. The first-order valence-electron chi connectivity index (χ1n) is 12.3. The van der Waals surface area contributed by atoms with Crippen LogP contribution in [0, 0.1) is 5.82 Å². The van der Waals surface area contributed by atoms with Crippen LogP contribution in [-0.2, 0) is 9.59 Å². The lowest BCUT2D eigenvalue weighted by molar-refractivity contribution is -0.115. The van der Waals surface area contributed by atoms with Crippen LogP contribution in [0.2, 0.25) is 5.02 Å². The van der Waals surface area contributed by atoms with Crippen molar-refractivity contribution in [3.63, 3.8) is 0 Å². The lowest BCUT2D eigenvalue weighted by atomic mass is 10.1. The van der Waals surface area contributed by atoms with E-state index in [2.05, 4.69) is 16.0 Å². The van der Waals surface area contributed by atoms with Gasteiger partial charge in [-0.2, -0.15) is 0 Å². The molecular formula is C31H25ClFN3O3S. The highest BCUT2D eigenvalue weighted by molar-refractivity contribution is 8.00. The Morgan fingerprint density at radius 2 is 1.40 bits per heavy atom. The molecule has 6 nitrogen and oxygen atoms in total. The van der Waals surface area contributed by atoms with Crippen LogP contribution < -0.4 is 16.0 Å². The van der Waals surface area contributed by atoms with Gasteiger partial charge in [-0.15, -0.1) is 11.8 Å². The van der Waals surface area contributed by atoms with Gasteiger partial charge in [0.25, 0.3) is 11.8 Å². The Hall–Kier alpha value is -4.40. The molecule has 0 aliphatic heterocycles. The van der Waals surface area contributed by atoms with E-state index in [0.717, 1.165) is 4.90 Å². The number of anilines is 2. The van der Waals surface area contributed by atoms with Crippen molar-refractivity contribution >= 4 is 58.5 Å². The number of thioether (sulfide) groups is 1. The van der Waals surface area contributed by atoms with E-state index < -0.39 is 17.1 Å². The van der Waals surface area contributed by atoms with Crippen molar-refractivity contribution in [2.75, 3.05) is 10.6 Å². The van der Waals surface area contributed by atoms with Gasteiger partial charge in [-0.1, -0.05) is 48.0 Å². The molecule has 0 spiro atoms.